The van der Waals surface area contributed by atoms with Crippen molar-refractivity contribution in [3.8, 4) is 0 Å². The minimum atomic E-state index is -0.0629. The number of thiophene rings is 1. The zero-order chi connectivity index (χ0) is 18.1. The summed E-state index contributed by atoms with van der Waals surface area (Å²) in [6.07, 6.45) is 1.55. The maximum Gasteiger partial charge on any atom is 0.233 e. The second-order valence-electron chi connectivity index (χ2n) is 5.81. The molecule has 0 bridgehead atoms. The average molecular weight is 401 g/mol. The molecule has 0 aliphatic carbocycles. The molecule has 1 amide bonds. The van der Waals surface area contributed by atoms with E-state index in [0.717, 1.165) is 30.5 Å². The number of fused-ring (bicyclic) bond motifs is 2. The molecule has 1 aromatic carbocycles. The van der Waals surface area contributed by atoms with Crippen LogP contribution in [0, 0.1) is 0 Å². The summed E-state index contributed by atoms with van der Waals surface area (Å²) < 4.78 is 1.14. The van der Waals surface area contributed by atoms with E-state index in [0.29, 0.717) is 5.75 Å². The number of para-hydroxylation sites is 1. The molecule has 8 heteroatoms. The summed E-state index contributed by atoms with van der Waals surface area (Å²) in [5.41, 5.74) is 0.982. The highest BCUT2D eigenvalue weighted by atomic mass is 32.2. The van der Waals surface area contributed by atoms with Crippen molar-refractivity contribution in [2.45, 2.75) is 18.0 Å². The van der Waals surface area contributed by atoms with Gasteiger partial charge in [0, 0.05) is 12.4 Å². The Bertz CT molecular complexity index is 1040. The Labute approximate surface area is 163 Å². The molecule has 0 N–H and O–H groups in total. The topological polar surface area (TPSA) is 59.0 Å². The van der Waals surface area contributed by atoms with Crippen LogP contribution < -0.4 is 0 Å². The first-order chi connectivity index (χ1) is 12.6. The third kappa shape index (κ3) is 3.32. The van der Waals surface area contributed by atoms with E-state index in [9.17, 15) is 4.79 Å². The molecule has 0 unspecified atom stereocenters. The number of thioether (sulfide) groups is 1. The number of aromatic nitrogens is 3. The van der Waals surface area contributed by atoms with Crippen molar-refractivity contribution in [2.75, 3.05) is 12.8 Å². The third-order valence-electron chi connectivity index (χ3n) is 4.20. The predicted octanol–water partition coefficient (Wildman–Crippen LogP) is 4.61. The number of amides is 1. The van der Waals surface area contributed by atoms with E-state index in [1.165, 1.54) is 11.8 Å². The van der Waals surface area contributed by atoms with Crippen LogP contribution in [-0.4, -0.2) is 38.6 Å². The molecule has 0 fully saturated rings. The van der Waals surface area contributed by atoms with E-state index in [2.05, 4.69) is 21.0 Å². The fourth-order valence-corrected chi connectivity index (χ4v) is 5.33. The second-order valence-corrected chi connectivity index (χ2v) is 8.73. The smallest absolute Gasteiger partial charge is 0.233 e. The molecule has 4 aromatic rings. The standard InChI is InChI=1S/C18H16N4OS3/c1-11(16-21-13-5-3-4-6-14(13)26-16)22(2)15(23)9-25-18-12-7-8-24-17(12)19-10-20-18/h3-8,10-11H,9H2,1-2H3/t11-/m0/s1. The predicted molar refractivity (Wildman–Crippen MR) is 109 cm³/mol. The van der Waals surface area contributed by atoms with Gasteiger partial charge in [0.15, 0.2) is 0 Å². The molecule has 0 aliphatic heterocycles. The van der Waals surface area contributed by atoms with Gasteiger partial charge in [0.05, 0.1) is 22.0 Å². The Morgan fingerprint density at radius 1 is 1.27 bits per heavy atom. The van der Waals surface area contributed by atoms with Crippen LogP contribution in [-0.2, 0) is 4.79 Å². The molecule has 5 nitrogen and oxygen atoms in total. The molecule has 0 spiro atoms. The van der Waals surface area contributed by atoms with Crippen LogP contribution in [0.2, 0.25) is 0 Å². The summed E-state index contributed by atoms with van der Waals surface area (Å²) in [5.74, 6) is 0.400. The average Bonchev–Trinajstić information content (AvgIpc) is 3.31. The molecular weight excluding hydrogens is 384 g/mol. The van der Waals surface area contributed by atoms with Gasteiger partial charge in [-0.25, -0.2) is 15.0 Å². The van der Waals surface area contributed by atoms with E-state index < -0.39 is 0 Å². The first-order valence-corrected chi connectivity index (χ1v) is 10.7. The van der Waals surface area contributed by atoms with Crippen LogP contribution in [0.15, 0.2) is 47.1 Å². The van der Waals surface area contributed by atoms with Crippen molar-refractivity contribution in [3.63, 3.8) is 0 Å². The molecule has 1 atom stereocenters. The van der Waals surface area contributed by atoms with E-state index in [1.807, 2.05) is 43.6 Å². The number of hydrogen-bond acceptors (Lipinski definition) is 7. The molecule has 4 rings (SSSR count). The maximum atomic E-state index is 12.7. The second kappa shape index (κ2) is 7.30. The Morgan fingerprint density at radius 2 is 2.12 bits per heavy atom. The first-order valence-electron chi connectivity index (χ1n) is 8.05. The van der Waals surface area contributed by atoms with Crippen LogP contribution in [0.4, 0.5) is 0 Å². The molecule has 3 aromatic heterocycles. The lowest BCUT2D eigenvalue weighted by Gasteiger charge is -2.23. The highest BCUT2D eigenvalue weighted by Crippen LogP contribution is 2.31. The monoisotopic (exact) mass is 400 g/mol. The Hall–Kier alpha value is -2.03. The third-order valence-corrected chi connectivity index (χ3v) is 7.22. The largest absolute Gasteiger partial charge is 0.336 e. The number of benzene rings is 1. The molecule has 0 radical (unpaired) electrons. The van der Waals surface area contributed by atoms with Crippen LogP contribution in [0.3, 0.4) is 0 Å². The van der Waals surface area contributed by atoms with Crippen LogP contribution in [0.25, 0.3) is 20.4 Å². The lowest BCUT2D eigenvalue weighted by molar-refractivity contribution is -0.128. The fraction of sp³-hybridized carbons (Fsp3) is 0.222. The van der Waals surface area contributed by atoms with Crippen molar-refractivity contribution >= 4 is 60.8 Å². The van der Waals surface area contributed by atoms with Crippen LogP contribution in [0.5, 0.6) is 0 Å². The summed E-state index contributed by atoms with van der Waals surface area (Å²) in [4.78, 5) is 28.6. The van der Waals surface area contributed by atoms with E-state index in [4.69, 9.17) is 0 Å². The minimum absolute atomic E-state index is 0.0590. The van der Waals surface area contributed by atoms with Gasteiger partial charge in [0.25, 0.3) is 0 Å². The highest BCUT2D eigenvalue weighted by molar-refractivity contribution is 8.00. The van der Waals surface area contributed by atoms with Gasteiger partial charge in [-0.15, -0.1) is 22.7 Å². The number of thiazole rings is 1. The van der Waals surface area contributed by atoms with E-state index in [-0.39, 0.29) is 11.9 Å². The van der Waals surface area contributed by atoms with Crippen molar-refractivity contribution in [1.82, 2.24) is 19.9 Å². The summed E-state index contributed by atoms with van der Waals surface area (Å²) in [7, 11) is 1.83. The van der Waals surface area contributed by atoms with E-state index in [1.54, 1.807) is 33.9 Å². The molecule has 26 heavy (non-hydrogen) atoms. The van der Waals surface area contributed by atoms with Crippen molar-refractivity contribution in [3.05, 3.63) is 47.0 Å². The van der Waals surface area contributed by atoms with Gasteiger partial charge in [0.2, 0.25) is 5.91 Å². The number of rotatable bonds is 5. The summed E-state index contributed by atoms with van der Waals surface area (Å²) in [6.45, 7) is 2.02. The van der Waals surface area contributed by atoms with Gasteiger partial charge >= 0.3 is 0 Å². The lowest BCUT2D eigenvalue weighted by atomic mass is 10.3. The minimum Gasteiger partial charge on any atom is -0.336 e. The lowest BCUT2D eigenvalue weighted by Crippen LogP contribution is -2.31. The summed E-state index contributed by atoms with van der Waals surface area (Å²) in [6, 6.07) is 9.98. The summed E-state index contributed by atoms with van der Waals surface area (Å²) >= 11 is 4.67. The molecule has 0 aliphatic rings. The normalized spacial score (nSPS) is 12.5. The highest BCUT2D eigenvalue weighted by Gasteiger charge is 2.21. The van der Waals surface area contributed by atoms with E-state index >= 15 is 0 Å². The maximum absolute atomic E-state index is 12.7. The Kier molecular flexibility index (Phi) is 4.88. The zero-order valence-corrected chi connectivity index (χ0v) is 16.7. The molecule has 3 heterocycles. The van der Waals surface area contributed by atoms with Gasteiger partial charge in [-0.05, 0) is 30.5 Å². The first kappa shape index (κ1) is 17.4. The Morgan fingerprint density at radius 3 is 2.96 bits per heavy atom. The number of carbonyl (C=O) groups is 1. The Balaban J connectivity index is 1.46. The number of nitrogens with zero attached hydrogens (tertiary/aromatic N) is 4. The van der Waals surface area contributed by atoms with Gasteiger partial charge in [-0.2, -0.15) is 0 Å². The van der Waals surface area contributed by atoms with Gasteiger partial charge in [-0.3, -0.25) is 4.79 Å². The fourth-order valence-electron chi connectivity index (χ4n) is 2.56. The van der Waals surface area contributed by atoms with Gasteiger partial charge in [0.1, 0.15) is 21.2 Å². The van der Waals surface area contributed by atoms with Gasteiger partial charge < -0.3 is 4.90 Å². The molecule has 0 saturated carbocycles. The quantitative estimate of drug-likeness (QED) is 0.362. The van der Waals surface area contributed by atoms with Gasteiger partial charge in [-0.1, -0.05) is 23.9 Å². The summed E-state index contributed by atoms with van der Waals surface area (Å²) in [5, 5.41) is 4.81. The van der Waals surface area contributed by atoms with Crippen LogP contribution >= 0.6 is 34.4 Å². The molecule has 0 saturated heterocycles. The number of carbonyl (C=O) groups excluding carboxylic acids is 1. The van der Waals surface area contributed by atoms with Crippen molar-refractivity contribution < 1.29 is 4.79 Å². The molecule has 132 valence electrons. The van der Waals surface area contributed by atoms with Crippen molar-refractivity contribution in [2.24, 2.45) is 0 Å². The number of hydrogen-bond donors (Lipinski definition) is 0. The molecular formula is C18H16N4OS3. The SMILES string of the molecule is C[C@@H](c1nc2ccccc2s1)N(C)C(=O)CSc1ncnc2sccc12. The van der Waals surface area contributed by atoms with Crippen LogP contribution in [0.1, 0.15) is 18.0 Å². The zero-order valence-electron chi connectivity index (χ0n) is 14.2. The van der Waals surface area contributed by atoms with Crippen molar-refractivity contribution in [1.29, 1.82) is 0 Å².